The highest BCUT2D eigenvalue weighted by molar-refractivity contribution is 7.98. The number of fused-ring (bicyclic) bond motifs is 1. The molecule has 0 fully saturated rings. The Hall–Kier alpha value is -2.05. The van der Waals surface area contributed by atoms with E-state index in [-0.39, 0.29) is 12.5 Å². The molecule has 0 saturated carbocycles. The van der Waals surface area contributed by atoms with Gasteiger partial charge in [-0.2, -0.15) is 0 Å². The van der Waals surface area contributed by atoms with E-state index in [9.17, 15) is 4.79 Å². The molecule has 0 aliphatic heterocycles. The smallest absolute Gasteiger partial charge is 0.274 e. The van der Waals surface area contributed by atoms with Gasteiger partial charge in [0, 0.05) is 17.6 Å². The van der Waals surface area contributed by atoms with Crippen molar-refractivity contribution in [3.05, 3.63) is 48.5 Å². The lowest BCUT2D eigenvalue weighted by atomic mass is 10.3. The van der Waals surface area contributed by atoms with E-state index in [0.29, 0.717) is 5.19 Å². The highest BCUT2D eigenvalue weighted by Crippen LogP contribution is 2.27. The number of anilines is 1. The van der Waals surface area contributed by atoms with E-state index in [0.717, 1.165) is 15.9 Å². The molecule has 0 aliphatic rings. The number of benzene rings is 2. The van der Waals surface area contributed by atoms with Crippen LogP contribution in [0.25, 0.3) is 10.2 Å². The standard InChI is InChI=1S/C17H16N2O2S2/c1-19(12-7-9-13(22-2)10-8-12)16(20)11-21-17-18-14-5-3-4-6-15(14)23-17/h3-10H,11H2,1-2H3. The largest absolute Gasteiger partial charge is 0.460 e. The quantitative estimate of drug-likeness (QED) is 0.655. The summed E-state index contributed by atoms with van der Waals surface area (Å²) in [6.07, 6.45) is 2.02. The number of amides is 1. The van der Waals surface area contributed by atoms with Gasteiger partial charge in [-0.15, -0.1) is 11.8 Å². The summed E-state index contributed by atoms with van der Waals surface area (Å²) in [5.41, 5.74) is 1.74. The van der Waals surface area contributed by atoms with Gasteiger partial charge in [0.15, 0.2) is 6.61 Å². The monoisotopic (exact) mass is 344 g/mol. The highest BCUT2D eigenvalue weighted by atomic mass is 32.2. The molecule has 0 radical (unpaired) electrons. The average molecular weight is 344 g/mol. The van der Waals surface area contributed by atoms with E-state index in [1.54, 1.807) is 23.7 Å². The fourth-order valence-corrected chi connectivity index (χ4v) is 3.31. The molecule has 0 bridgehead atoms. The lowest BCUT2D eigenvalue weighted by Gasteiger charge is -2.17. The topological polar surface area (TPSA) is 42.4 Å². The van der Waals surface area contributed by atoms with Crippen LogP contribution < -0.4 is 9.64 Å². The maximum absolute atomic E-state index is 12.3. The number of aromatic nitrogens is 1. The Bertz CT molecular complexity index is 782. The van der Waals surface area contributed by atoms with Crippen LogP contribution in [-0.4, -0.2) is 30.8 Å². The number of carbonyl (C=O) groups is 1. The van der Waals surface area contributed by atoms with E-state index in [1.165, 1.54) is 16.2 Å². The van der Waals surface area contributed by atoms with Gasteiger partial charge in [-0.25, -0.2) is 4.98 Å². The van der Waals surface area contributed by atoms with E-state index in [2.05, 4.69) is 4.98 Å². The first kappa shape index (κ1) is 15.8. The summed E-state index contributed by atoms with van der Waals surface area (Å²) in [4.78, 5) is 19.4. The third-order valence-corrected chi connectivity index (χ3v) is 5.12. The van der Waals surface area contributed by atoms with Crippen LogP contribution >= 0.6 is 23.1 Å². The fourth-order valence-electron chi connectivity index (χ4n) is 2.08. The molecular weight excluding hydrogens is 328 g/mol. The van der Waals surface area contributed by atoms with E-state index >= 15 is 0 Å². The van der Waals surface area contributed by atoms with Gasteiger partial charge in [-0.3, -0.25) is 4.79 Å². The molecule has 1 amide bonds. The second kappa shape index (κ2) is 7.02. The lowest BCUT2D eigenvalue weighted by molar-refractivity contribution is -0.120. The zero-order valence-electron chi connectivity index (χ0n) is 12.9. The minimum absolute atomic E-state index is 0.0272. The summed E-state index contributed by atoms with van der Waals surface area (Å²) in [6.45, 7) is -0.0272. The molecule has 0 unspecified atom stereocenters. The molecule has 4 nitrogen and oxygen atoms in total. The molecule has 3 aromatic rings. The second-order valence-corrected chi connectivity index (χ2v) is 6.76. The number of hydrogen-bond acceptors (Lipinski definition) is 5. The van der Waals surface area contributed by atoms with E-state index < -0.39 is 0 Å². The molecule has 6 heteroatoms. The predicted octanol–water partition coefficient (Wildman–Crippen LogP) is 4.06. The third kappa shape index (κ3) is 3.65. The van der Waals surface area contributed by atoms with Crippen molar-refractivity contribution in [2.75, 3.05) is 24.8 Å². The van der Waals surface area contributed by atoms with E-state index in [4.69, 9.17) is 4.74 Å². The summed E-state index contributed by atoms with van der Waals surface area (Å²) in [5.74, 6) is -0.110. The van der Waals surface area contributed by atoms with Crippen molar-refractivity contribution < 1.29 is 9.53 Å². The summed E-state index contributed by atoms with van der Waals surface area (Å²) >= 11 is 3.12. The normalized spacial score (nSPS) is 10.7. The Morgan fingerprint density at radius 1 is 1.22 bits per heavy atom. The highest BCUT2D eigenvalue weighted by Gasteiger charge is 2.13. The maximum atomic E-state index is 12.3. The first-order chi connectivity index (χ1) is 11.2. The van der Waals surface area contributed by atoms with Crippen molar-refractivity contribution in [3.8, 4) is 5.19 Å². The average Bonchev–Trinajstić information content (AvgIpc) is 3.02. The Morgan fingerprint density at radius 3 is 2.65 bits per heavy atom. The van der Waals surface area contributed by atoms with Gasteiger partial charge >= 0.3 is 0 Å². The third-order valence-electron chi connectivity index (χ3n) is 3.43. The second-order valence-electron chi connectivity index (χ2n) is 4.89. The predicted molar refractivity (Wildman–Crippen MR) is 96.7 cm³/mol. The lowest BCUT2D eigenvalue weighted by Crippen LogP contribution is -2.31. The summed E-state index contributed by atoms with van der Waals surface area (Å²) in [5, 5.41) is 0.519. The number of thioether (sulfide) groups is 1. The van der Waals surface area contributed by atoms with E-state index in [1.807, 2.05) is 54.8 Å². The number of para-hydroxylation sites is 1. The van der Waals surface area contributed by atoms with Crippen molar-refractivity contribution in [2.24, 2.45) is 0 Å². The summed E-state index contributed by atoms with van der Waals surface area (Å²) in [7, 11) is 1.75. The van der Waals surface area contributed by atoms with Crippen LogP contribution in [0.5, 0.6) is 5.19 Å². The molecule has 0 saturated heterocycles. The van der Waals surface area contributed by atoms with Gasteiger partial charge < -0.3 is 9.64 Å². The van der Waals surface area contributed by atoms with Crippen LogP contribution in [0.2, 0.25) is 0 Å². The van der Waals surface area contributed by atoms with Crippen LogP contribution in [0.4, 0.5) is 5.69 Å². The van der Waals surface area contributed by atoms with Crippen LogP contribution in [0.1, 0.15) is 0 Å². The molecule has 23 heavy (non-hydrogen) atoms. The van der Waals surface area contributed by atoms with Gasteiger partial charge in [0.1, 0.15) is 0 Å². The Balaban J connectivity index is 1.63. The zero-order chi connectivity index (χ0) is 16.2. The molecular formula is C17H16N2O2S2. The molecule has 1 heterocycles. The maximum Gasteiger partial charge on any atom is 0.274 e. The number of nitrogens with zero attached hydrogens (tertiary/aromatic N) is 2. The van der Waals surface area contributed by atoms with Crippen LogP contribution in [0.15, 0.2) is 53.4 Å². The number of thiazole rings is 1. The first-order valence-electron chi connectivity index (χ1n) is 7.06. The number of carbonyl (C=O) groups excluding carboxylic acids is 1. The molecule has 0 aliphatic carbocycles. The van der Waals surface area contributed by atoms with Gasteiger partial charge in [-0.05, 0) is 42.7 Å². The van der Waals surface area contributed by atoms with Gasteiger partial charge in [0.05, 0.1) is 10.2 Å². The first-order valence-corrected chi connectivity index (χ1v) is 9.10. The number of ether oxygens (including phenoxy) is 1. The Kier molecular flexibility index (Phi) is 4.83. The van der Waals surface area contributed by atoms with Crippen molar-refractivity contribution in [2.45, 2.75) is 4.90 Å². The van der Waals surface area contributed by atoms with Crippen LogP contribution in [-0.2, 0) is 4.79 Å². The van der Waals surface area contributed by atoms with Crippen LogP contribution in [0.3, 0.4) is 0 Å². The number of likely N-dealkylation sites (N-methyl/N-ethyl adjacent to an activating group) is 1. The number of hydrogen-bond donors (Lipinski definition) is 0. The molecule has 0 spiro atoms. The van der Waals surface area contributed by atoms with Gasteiger partial charge in [0.2, 0.25) is 0 Å². The summed E-state index contributed by atoms with van der Waals surface area (Å²) < 4.78 is 6.60. The Morgan fingerprint density at radius 2 is 1.96 bits per heavy atom. The molecule has 0 N–H and O–H groups in total. The molecule has 2 aromatic carbocycles. The van der Waals surface area contributed by atoms with Crippen molar-refractivity contribution >= 4 is 44.9 Å². The molecule has 0 atom stereocenters. The van der Waals surface area contributed by atoms with Crippen molar-refractivity contribution in [1.29, 1.82) is 0 Å². The summed E-state index contributed by atoms with van der Waals surface area (Å²) in [6, 6.07) is 15.7. The molecule has 1 aromatic heterocycles. The zero-order valence-corrected chi connectivity index (χ0v) is 14.5. The molecule has 3 rings (SSSR count). The van der Waals surface area contributed by atoms with Gasteiger partial charge in [0.25, 0.3) is 11.1 Å². The van der Waals surface area contributed by atoms with Gasteiger partial charge in [-0.1, -0.05) is 23.5 Å². The van der Waals surface area contributed by atoms with Crippen molar-refractivity contribution in [3.63, 3.8) is 0 Å². The Labute approximate surface area is 143 Å². The minimum Gasteiger partial charge on any atom is -0.460 e. The SMILES string of the molecule is CSc1ccc(N(C)C(=O)COc2nc3ccccc3s2)cc1. The minimum atomic E-state index is -0.110. The van der Waals surface area contributed by atoms with Crippen molar-refractivity contribution in [1.82, 2.24) is 4.98 Å². The molecule has 118 valence electrons. The number of rotatable bonds is 5. The van der Waals surface area contributed by atoms with Crippen LogP contribution in [0, 0.1) is 0 Å². The fraction of sp³-hybridized carbons (Fsp3) is 0.176.